The molecule has 80 valence electrons. The van der Waals surface area contributed by atoms with Gasteiger partial charge >= 0.3 is 0 Å². The molecule has 0 fully saturated rings. The van der Waals surface area contributed by atoms with Crippen molar-refractivity contribution in [3.8, 4) is 0 Å². The highest BCUT2D eigenvalue weighted by atomic mass is 79.9. The minimum Gasteiger partial charge on any atom is -0.393 e. The van der Waals surface area contributed by atoms with E-state index in [-0.39, 0.29) is 11.4 Å². The van der Waals surface area contributed by atoms with Crippen LogP contribution in [0.4, 0.5) is 11.4 Å². The highest BCUT2D eigenvalue weighted by Crippen LogP contribution is 2.22. The number of alkyl halides is 1. The quantitative estimate of drug-likeness (QED) is 0.396. The molecule has 0 aromatic heterocycles. The van der Waals surface area contributed by atoms with Crippen LogP contribution in [-0.2, 0) is 0 Å². The zero-order valence-corrected chi connectivity index (χ0v) is 9.61. The van der Waals surface area contributed by atoms with Gasteiger partial charge in [0.05, 0.1) is 4.92 Å². The molecular weight excluding hydrogens is 260 g/mol. The molecule has 1 rings (SSSR count). The van der Waals surface area contributed by atoms with Crippen molar-refractivity contribution in [2.75, 3.05) is 11.1 Å². The van der Waals surface area contributed by atoms with Gasteiger partial charge in [0.2, 0.25) is 0 Å². The number of nitrogens with zero attached hydrogens (tertiary/aromatic N) is 1. The first-order valence-corrected chi connectivity index (χ1v) is 5.53. The number of hydrogen-bond donors (Lipinski definition) is 1. The lowest BCUT2D eigenvalue weighted by atomic mass is 10.1. The summed E-state index contributed by atoms with van der Waals surface area (Å²) in [5, 5.41) is 11.4. The van der Waals surface area contributed by atoms with Gasteiger partial charge in [0.1, 0.15) is 5.69 Å². The average Bonchev–Trinajstić information content (AvgIpc) is 2.17. The van der Waals surface area contributed by atoms with Gasteiger partial charge in [-0.25, -0.2) is 0 Å². The zero-order chi connectivity index (χ0) is 11.3. The van der Waals surface area contributed by atoms with E-state index in [9.17, 15) is 10.1 Å². The molecule has 1 aromatic rings. The summed E-state index contributed by atoms with van der Waals surface area (Å²) in [6.07, 6.45) is 4.79. The Morgan fingerprint density at radius 3 is 2.80 bits per heavy atom. The van der Waals surface area contributed by atoms with Crippen LogP contribution in [0.5, 0.6) is 0 Å². The summed E-state index contributed by atoms with van der Waals surface area (Å²) in [7, 11) is 0. The molecule has 0 aliphatic carbocycles. The molecule has 0 aliphatic heterocycles. The molecule has 2 N–H and O–H groups in total. The summed E-state index contributed by atoms with van der Waals surface area (Å²) in [5.41, 5.74) is 6.56. The second-order valence-electron chi connectivity index (χ2n) is 2.96. The van der Waals surface area contributed by atoms with Crippen molar-refractivity contribution >= 4 is 33.4 Å². The molecule has 0 aliphatic rings. The number of nitrogen functional groups attached to an aromatic ring is 1. The highest BCUT2D eigenvalue weighted by molar-refractivity contribution is 9.09. The maximum atomic E-state index is 10.5. The fourth-order valence-corrected chi connectivity index (χ4v) is 1.39. The van der Waals surface area contributed by atoms with Crippen molar-refractivity contribution in [2.45, 2.75) is 6.42 Å². The minimum absolute atomic E-state index is 0.0485. The Morgan fingerprint density at radius 2 is 2.27 bits per heavy atom. The number of hydrogen-bond acceptors (Lipinski definition) is 3. The lowest BCUT2D eigenvalue weighted by Gasteiger charge is -1.98. The SMILES string of the molecule is Nc1cc(C=CCCBr)ccc1[N+](=O)[O-]. The van der Waals surface area contributed by atoms with E-state index in [1.807, 2.05) is 12.2 Å². The third-order valence-electron chi connectivity index (χ3n) is 1.83. The smallest absolute Gasteiger partial charge is 0.292 e. The Balaban J connectivity index is 2.87. The van der Waals surface area contributed by atoms with Gasteiger partial charge in [0, 0.05) is 11.4 Å². The highest BCUT2D eigenvalue weighted by Gasteiger charge is 2.09. The number of allylic oxidation sites excluding steroid dienone is 1. The Hall–Kier alpha value is -1.36. The molecule has 0 atom stereocenters. The number of nitro benzene ring substituents is 1. The summed E-state index contributed by atoms with van der Waals surface area (Å²) < 4.78 is 0. The normalized spacial score (nSPS) is 10.7. The Bertz CT molecular complexity index is 391. The zero-order valence-electron chi connectivity index (χ0n) is 8.02. The first-order chi connectivity index (χ1) is 7.15. The number of benzene rings is 1. The molecule has 0 unspecified atom stereocenters. The van der Waals surface area contributed by atoms with Gasteiger partial charge in [-0.15, -0.1) is 0 Å². The van der Waals surface area contributed by atoms with Gasteiger partial charge in [0.25, 0.3) is 5.69 Å². The van der Waals surface area contributed by atoms with E-state index >= 15 is 0 Å². The van der Waals surface area contributed by atoms with Crippen LogP contribution >= 0.6 is 15.9 Å². The van der Waals surface area contributed by atoms with Gasteiger partial charge < -0.3 is 5.73 Å². The van der Waals surface area contributed by atoms with Gasteiger partial charge in [-0.3, -0.25) is 10.1 Å². The van der Waals surface area contributed by atoms with E-state index in [4.69, 9.17) is 5.73 Å². The van der Waals surface area contributed by atoms with E-state index in [1.165, 1.54) is 6.07 Å². The molecule has 4 nitrogen and oxygen atoms in total. The maximum absolute atomic E-state index is 10.5. The van der Waals surface area contributed by atoms with Crippen LogP contribution in [0.25, 0.3) is 6.08 Å². The van der Waals surface area contributed by atoms with Crippen LogP contribution in [0.1, 0.15) is 12.0 Å². The van der Waals surface area contributed by atoms with Crippen LogP contribution in [-0.4, -0.2) is 10.3 Å². The van der Waals surface area contributed by atoms with E-state index < -0.39 is 4.92 Å². The average molecular weight is 271 g/mol. The van der Waals surface area contributed by atoms with E-state index in [2.05, 4.69) is 15.9 Å². The van der Waals surface area contributed by atoms with Gasteiger partial charge in [-0.05, 0) is 24.1 Å². The molecule has 0 spiro atoms. The van der Waals surface area contributed by atoms with Gasteiger partial charge in [-0.1, -0.05) is 28.1 Å². The van der Waals surface area contributed by atoms with Crippen LogP contribution < -0.4 is 5.73 Å². The summed E-state index contributed by atoms with van der Waals surface area (Å²) in [6, 6.07) is 4.70. The minimum atomic E-state index is -0.485. The summed E-state index contributed by atoms with van der Waals surface area (Å²) in [4.78, 5) is 10.0. The fraction of sp³-hybridized carbons (Fsp3) is 0.200. The number of nitro groups is 1. The molecule has 0 radical (unpaired) electrons. The van der Waals surface area contributed by atoms with Crippen LogP contribution in [0.2, 0.25) is 0 Å². The largest absolute Gasteiger partial charge is 0.393 e. The molecule has 0 saturated carbocycles. The first kappa shape index (κ1) is 11.7. The molecule has 5 heteroatoms. The van der Waals surface area contributed by atoms with Crippen LogP contribution in [0.3, 0.4) is 0 Å². The predicted octanol–water partition coefficient (Wildman–Crippen LogP) is 2.98. The predicted molar refractivity (Wildman–Crippen MR) is 65.0 cm³/mol. The van der Waals surface area contributed by atoms with E-state index in [0.29, 0.717) is 0 Å². The van der Waals surface area contributed by atoms with E-state index in [1.54, 1.807) is 12.1 Å². The first-order valence-electron chi connectivity index (χ1n) is 4.41. The Morgan fingerprint density at radius 1 is 1.53 bits per heavy atom. The monoisotopic (exact) mass is 270 g/mol. The summed E-state index contributed by atoms with van der Waals surface area (Å²) in [6.45, 7) is 0. The fourth-order valence-electron chi connectivity index (χ4n) is 1.13. The molecule has 15 heavy (non-hydrogen) atoms. The topological polar surface area (TPSA) is 69.2 Å². The van der Waals surface area contributed by atoms with Crippen molar-refractivity contribution in [2.24, 2.45) is 0 Å². The second-order valence-corrected chi connectivity index (χ2v) is 3.75. The molecule has 1 aromatic carbocycles. The van der Waals surface area contributed by atoms with Crippen LogP contribution in [0, 0.1) is 10.1 Å². The van der Waals surface area contributed by atoms with Crippen molar-refractivity contribution in [3.05, 3.63) is 40.0 Å². The van der Waals surface area contributed by atoms with Gasteiger partial charge in [-0.2, -0.15) is 0 Å². The second kappa shape index (κ2) is 5.50. The molecule has 0 saturated heterocycles. The van der Waals surface area contributed by atoms with Crippen molar-refractivity contribution in [1.29, 1.82) is 0 Å². The molecule has 0 heterocycles. The number of nitrogens with two attached hydrogens (primary N) is 1. The third-order valence-corrected chi connectivity index (χ3v) is 2.29. The van der Waals surface area contributed by atoms with Gasteiger partial charge in [0.15, 0.2) is 0 Å². The van der Waals surface area contributed by atoms with Crippen molar-refractivity contribution < 1.29 is 4.92 Å². The number of anilines is 1. The lowest BCUT2D eigenvalue weighted by Crippen LogP contribution is -1.95. The molecular formula is C10H11BrN2O2. The Labute approximate surface area is 96.1 Å². The molecule has 0 bridgehead atoms. The summed E-state index contributed by atoms with van der Waals surface area (Å²) >= 11 is 3.30. The molecule has 0 amide bonds. The van der Waals surface area contributed by atoms with Crippen LogP contribution in [0.15, 0.2) is 24.3 Å². The lowest BCUT2D eigenvalue weighted by molar-refractivity contribution is -0.383. The van der Waals surface area contributed by atoms with Crippen molar-refractivity contribution in [1.82, 2.24) is 0 Å². The van der Waals surface area contributed by atoms with E-state index in [0.717, 1.165) is 17.3 Å². The summed E-state index contributed by atoms with van der Waals surface area (Å²) in [5.74, 6) is 0. The maximum Gasteiger partial charge on any atom is 0.292 e. The standard InChI is InChI=1S/C10H11BrN2O2/c11-6-2-1-3-8-4-5-10(13(14)15)9(12)7-8/h1,3-5,7H,2,6,12H2. The number of halogens is 1. The Kier molecular flexibility index (Phi) is 4.30. The number of rotatable bonds is 4. The van der Waals surface area contributed by atoms with Crippen molar-refractivity contribution in [3.63, 3.8) is 0 Å². The third kappa shape index (κ3) is 3.36.